The van der Waals surface area contributed by atoms with E-state index >= 15 is 0 Å². The number of amides is 1. The largest absolute Gasteiger partial charge is 0.762 e. The topological polar surface area (TPSA) is 105 Å². The zero-order valence-electron chi connectivity index (χ0n) is 19.7. The number of carbonyl (C=O) groups excluding carboxylic acids is 2. The fourth-order valence-corrected chi connectivity index (χ4v) is 8.11. The van der Waals surface area contributed by atoms with Crippen LogP contribution in [0.25, 0.3) is 0 Å². The quantitative estimate of drug-likeness (QED) is 0.626. The first kappa shape index (κ1) is 21.5. The third-order valence-corrected chi connectivity index (χ3v) is 9.56. The Labute approximate surface area is 193 Å². The molecule has 4 aliphatic heterocycles. The third-order valence-electron chi connectivity index (χ3n) is 9.56. The van der Waals surface area contributed by atoms with Crippen molar-refractivity contribution in [2.45, 2.75) is 82.4 Å². The second-order valence-corrected chi connectivity index (χ2v) is 12.0. The summed E-state index contributed by atoms with van der Waals surface area (Å²) < 4.78 is 6.08. The smallest absolute Gasteiger partial charge is 0.235 e. The molecule has 2 N–H and O–H groups in total. The summed E-state index contributed by atoms with van der Waals surface area (Å²) in [6.45, 7) is 9.25. The van der Waals surface area contributed by atoms with Crippen molar-refractivity contribution in [3.8, 4) is 5.75 Å². The van der Waals surface area contributed by atoms with Crippen molar-refractivity contribution in [2.24, 2.45) is 11.3 Å². The van der Waals surface area contributed by atoms with Crippen molar-refractivity contribution in [3.05, 3.63) is 28.5 Å². The molecule has 4 atom stereocenters. The second-order valence-electron chi connectivity index (χ2n) is 12.0. The highest BCUT2D eigenvalue weighted by molar-refractivity contribution is 6.15. The molecule has 8 heteroatoms. The Hall–Kier alpha value is -2.00. The van der Waals surface area contributed by atoms with Gasteiger partial charge in [-0.2, -0.15) is 0 Å². The van der Waals surface area contributed by atoms with Crippen molar-refractivity contribution in [2.75, 3.05) is 18.4 Å². The average Bonchev–Trinajstić information content (AvgIpc) is 3.33. The SMILES string of the molecule is CC1(C)CC(=O)c2c(ccc3c2NC(=O)[C@]32C[C@@]3(N([O-])O)CN4CCC[C@H]4C[C@@H]3C2(C)C)O1. The van der Waals surface area contributed by atoms with Gasteiger partial charge in [0.25, 0.3) is 0 Å². The van der Waals surface area contributed by atoms with Gasteiger partial charge in [-0.15, -0.1) is 0 Å². The number of carbonyl (C=O) groups is 2. The minimum atomic E-state index is -1.07. The molecule has 0 radical (unpaired) electrons. The molecule has 2 saturated heterocycles. The molecule has 1 saturated carbocycles. The van der Waals surface area contributed by atoms with Gasteiger partial charge >= 0.3 is 0 Å². The van der Waals surface area contributed by atoms with Crippen molar-refractivity contribution in [3.63, 3.8) is 0 Å². The molecule has 0 aromatic heterocycles. The standard InChI is InChI=1S/C25H32N3O5/c1-22(2)11-16(29)19-17(33-22)8-7-15-20(19)26-21(30)25(15)12-24(28(31)32)13-27-9-5-6-14(27)10-18(24)23(25,3)4/h7-8,14,18,31H,5-6,9-13H2,1-4H3,(H,26,30)/q-1/t14-,18+,24+,25-/m0/s1. The molecule has 0 unspecified atom stereocenters. The second kappa shape index (κ2) is 6.36. The number of hydrogen-bond donors (Lipinski definition) is 2. The summed E-state index contributed by atoms with van der Waals surface area (Å²) in [4.78, 5) is 29.3. The molecule has 5 aliphatic rings. The number of hydrogen-bond acceptors (Lipinski definition) is 7. The van der Waals surface area contributed by atoms with Crippen molar-refractivity contribution in [1.29, 1.82) is 0 Å². The molecular formula is C25H32N3O5-. The predicted molar refractivity (Wildman–Crippen MR) is 121 cm³/mol. The third kappa shape index (κ3) is 2.50. The zero-order valence-corrected chi connectivity index (χ0v) is 19.7. The maximum absolute atomic E-state index is 13.9. The summed E-state index contributed by atoms with van der Waals surface area (Å²) in [5.41, 5.74) is -1.58. The number of anilines is 1. The number of rotatable bonds is 1. The summed E-state index contributed by atoms with van der Waals surface area (Å²) in [6.07, 6.45) is 3.41. The van der Waals surface area contributed by atoms with Crippen LogP contribution in [0, 0.1) is 16.5 Å². The first-order valence-corrected chi connectivity index (χ1v) is 12.0. The van der Waals surface area contributed by atoms with Crippen molar-refractivity contribution < 1.29 is 19.5 Å². The normalized spacial score (nSPS) is 38.0. The maximum atomic E-state index is 13.9. The van der Waals surface area contributed by atoms with E-state index in [4.69, 9.17) is 4.74 Å². The van der Waals surface area contributed by atoms with Gasteiger partial charge in [0.05, 0.1) is 28.6 Å². The van der Waals surface area contributed by atoms with Crippen LogP contribution in [-0.2, 0) is 10.2 Å². The summed E-state index contributed by atoms with van der Waals surface area (Å²) in [5, 5.41) is 26.5. The minimum absolute atomic E-state index is 0.0494. The molecule has 3 fully saturated rings. The Balaban J connectivity index is 1.53. The van der Waals surface area contributed by atoms with E-state index in [2.05, 4.69) is 24.1 Å². The predicted octanol–water partition coefficient (Wildman–Crippen LogP) is 3.46. The Morgan fingerprint density at radius 1 is 1.24 bits per heavy atom. The van der Waals surface area contributed by atoms with E-state index in [-0.39, 0.29) is 35.7 Å². The maximum Gasteiger partial charge on any atom is 0.235 e. The zero-order chi connectivity index (χ0) is 23.6. The van der Waals surface area contributed by atoms with E-state index in [1.807, 2.05) is 19.9 Å². The van der Waals surface area contributed by atoms with Crippen LogP contribution in [-0.4, -0.2) is 57.3 Å². The van der Waals surface area contributed by atoms with E-state index in [0.717, 1.165) is 31.4 Å². The molecule has 1 aliphatic carbocycles. The molecular weight excluding hydrogens is 422 g/mol. The lowest BCUT2D eigenvalue weighted by molar-refractivity contribution is -0.178. The average molecular weight is 455 g/mol. The number of benzene rings is 1. The molecule has 1 amide bonds. The van der Waals surface area contributed by atoms with Crippen LogP contribution in [0.4, 0.5) is 5.69 Å². The van der Waals surface area contributed by atoms with E-state index in [9.17, 15) is 20.0 Å². The van der Waals surface area contributed by atoms with Crippen LogP contribution in [0.3, 0.4) is 0 Å². The van der Waals surface area contributed by atoms with E-state index in [0.29, 0.717) is 29.6 Å². The lowest BCUT2D eigenvalue weighted by atomic mass is 9.60. The number of fused-ring (bicyclic) bond motifs is 6. The molecule has 8 nitrogen and oxygen atoms in total. The number of Topliss-reactive ketones (excluding diaryl/α,β-unsaturated/α-hetero) is 1. The molecule has 1 spiro atoms. The van der Waals surface area contributed by atoms with Gasteiger partial charge in [-0.25, -0.2) is 0 Å². The van der Waals surface area contributed by atoms with Crippen LogP contribution in [0.5, 0.6) is 5.75 Å². The molecule has 1 aromatic carbocycles. The van der Waals surface area contributed by atoms with Gasteiger partial charge in [-0.3, -0.25) is 19.7 Å². The van der Waals surface area contributed by atoms with Crippen LogP contribution in [0.2, 0.25) is 0 Å². The van der Waals surface area contributed by atoms with Gasteiger partial charge < -0.3 is 20.5 Å². The Morgan fingerprint density at radius 3 is 2.73 bits per heavy atom. The number of piperidine rings is 1. The van der Waals surface area contributed by atoms with E-state index in [1.165, 1.54) is 0 Å². The number of nitrogens with one attached hydrogen (secondary N) is 1. The highest BCUT2D eigenvalue weighted by Crippen LogP contribution is 2.69. The number of ketones is 1. The van der Waals surface area contributed by atoms with Crippen LogP contribution < -0.4 is 10.1 Å². The summed E-state index contributed by atoms with van der Waals surface area (Å²) in [5.74, 6) is 0.0879. The Bertz CT molecular complexity index is 1080. The monoisotopic (exact) mass is 454 g/mol. The van der Waals surface area contributed by atoms with Crippen molar-refractivity contribution in [1.82, 2.24) is 10.1 Å². The lowest BCUT2D eigenvalue weighted by Gasteiger charge is -2.55. The van der Waals surface area contributed by atoms with Crippen molar-refractivity contribution >= 4 is 17.4 Å². The highest BCUT2D eigenvalue weighted by atomic mass is 16.8. The fraction of sp³-hybridized carbons (Fsp3) is 0.680. The van der Waals surface area contributed by atoms with E-state index in [1.54, 1.807) is 6.07 Å². The van der Waals surface area contributed by atoms with Crippen LogP contribution in [0.1, 0.15) is 75.7 Å². The molecule has 178 valence electrons. The van der Waals surface area contributed by atoms with E-state index < -0.39 is 22.0 Å². The molecule has 6 rings (SSSR count). The Morgan fingerprint density at radius 2 is 2.00 bits per heavy atom. The summed E-state index contributed by atoms with van der Waals surface area (Å²) in [7, 11) is 0. The van der Waals surface area contributed by atoms with Crippen LogP contribution >= 0.6 is 0 Å². The summed E-state index contributed by atoms with van der Waals surface area (Å²) in [6, 6.07) is 4.06. The first-order chi connectivity index (χ1) is 15.4. The number of ether oxygens (including phenoxy) is 1. The summed E-state index contributed by atoms with van der Waals surface area (Å²) >= 11 is 0. The van der Waals surface area contributed by atoms with Crippen LogP contribution in [0.15, 0.2) is 12.1 Å². The number of nitrogens with zero attached hydrogens (tertiary/aromatic N) is 2. The van der Waals surface area contributed by atoms with Gasteiger partial charge in [-0.1, -0.05) is 19.9 Å². The number of hydroxylamine groups is 2. The van der Waals surface area contributed by atoms with Gasteiger partial charge in [0, 0.05) is 12.6 Å². The van der Waals surface area contributed by atoms with Gasteiger partial charge in [-0.05, 0) is 69.0 Å². The Kier molecular flexibility index (Phi) is 4.15. The molecule has 33 heavy (non-hydrogen) atoms. The molecule has 4 heterocycles. The van der Waals surface area contributed by atoms with Gasteiger partial charge in [0.15, 0.2) is 5.78 Å². The van der Waals surface area contributed by atoms with Gasteiger partial charge in [0.1, 0.15) is 11.4 Å². The minimum Gasteiger partial charge on any atom is -0.762 e. The first-order valence-electron chi connectivity index (χ1n) is 12.0. The molecule has 0 bridgehead atoms. The fourth-order valence-electron chi connectivity index (χ4n) is 8.11. The highest BCUT2D eigenvalue weighted by Gasteiger charge is 2.73. The molecule has 1 aromatic rings. The lowest BCUT2D eigenvalue weighted by Crippen LogP contribution is -2.61. The van der Waals surface area contributed by atoms with Gasteiger partial charge in [0.2, 0.25) is 5.91 Å².